The van der Waals surface area contributed by atoms with E-state index in [2.05, 4.69) is 15.3 Å². The summed E-state index contributed by atoms with van der Waals surface area (Å²) in [7, 11) is 1.87. The van der Waals surface area contributed by atoms with Gasteiger partial charge in [-0.1, -0.05) is 18.2 Å². The first kappa shape index (κ1) is 16.9. The summed E-state index contributed by atoms with van der Waals surface area (Å²) >= 11 is 0. The van der Waals surface area contributed by atoms with Crippen LogP contribution in [0.2, 0.25) is 0 Å². The van der Waals surface area contributed by atoms with Gasteiger partial charge in [-0.3, -0.25) is 19.6 Å². The molecule has 0 spiro atoms. The number of para-hydroxylation sites is 1. The highest BCUT2D eigenvalue weighted by molar-refractivity contribution is 5.80. The Balaban J connectivity index is 1.60. The van der Waals surface area contributed by atoms with Gasteiger partial charge in [0.2, 0.25) is 5.91 Å². The summed E-state index contributed by atoms with van der Waals surface area (Å²) in [5.41, 5.74) is 1.46. The van der Waals surface area contributed by atoms with E-state index in [0.717, 1.165) is 25.1 Å². The van der Waals surface area contributed by atoms with Crippen molar-refractivity contribution in [3.8, 4) is 0 Å². The summed E-state index contributed by atoms with van der Waals surface area (Å²) < 4.78 is 1.76. The fourth-order valence-electron chi connectivity index (χ4n) is 3.19. The van der Waals surface area contributed by atoms with Crippen LogP contribution in [0.3, 0.4) is 0 Å². The molecule has 25 heavy (non-hydrogen) atoms. The summed E-state index contributed by atoms with van der Waals surface area (Å²) in [6.07, 6.45) is 5.67. The highest BCUT2D eigenvalue weighted by Gasteiger charge is 2.23. The maximum Gasteiger partial charge on any atom is 0.273 e. The second-order valence-electron chi connectivity index (χ2n) is 6.29. The van der Waals surface area contributed by atoms with E-state index in [1.807, 2.05) is 19.4 Å². The number of hydrogen-bond donors (Lipinski definition) is 1. The fraction of sp³-hybridized carbons (Fsp3) is 0.412. The lowest BCUT2D eigenvalue weighted by atomic mass is 10.0. The predicted molar refractivity (Wildman–Crippen MR) is 93.4 cm³/mol. The topological polar surface area (TPSA) is 93.3 Å². The van der Waals surface area contributed by atoms with Crippen molar-refractivity contribution in [1.29, 1.82) is 0 Å². The van der Waals surface area contributed by atoms with E-state index in [0.29, 0.717) is 12.1 Å². The van der Waals surface area contributed by atoms with Gasteiger partial charge in [0.25, 0.3) is 5.69 Å². The fourth-order valence-corrected chi connectivity index (χ4v) is 3.19. The first-order valence-corrected chi connectivity index (χ1v) is 8.28. The molecule has 1 atom stereocenters. The first-order valence-electron chi connectivity index (χ1n) is 8.28. The number of rotatable bonds is 5. The van der Waals surface area contributed by atoms with Crippen molar-refractivity contribution >= 4 is 17.3 Å². The van der Waals surface area contributed by atoms with Gasteiger partial charge >= 0.3 is 0 Å². The third kappa shape index (κ3) is 4.14. The molecule has 1 aromatic carbocycles. The Labute approximate surface area is 145 Å². The van der Waals surface area contributed by atoms with Crippen molar-refractivity contribution in [3.63, 3.8) is 0 Å². The van der Waals surface area contributed by atoms with Gasteiger partial charge in [-0.15, -0.1) is 0 Å². The van der Waals surface area contributed by atoms with E-state index in [4.69, 9.17) is 0 Å². The van der Waals surface area contributed by atoms with Gasteiger partial charge in [0, 0.05) is 44.0 Å². The zero-order chi connectivity index (χ0) is 17.8. The Morgan fingerprint density at radius 1 is 1.44 bits per heavy atom. The minimum Gasteiger partial charge on any atom is -0.367 e. The number of benzene rings is 1. The third-order valence-corrected chi connectivity index (χ3v) is 4.38. The Morgan fingerprint density at radius 2 is 2.24 bits per heavy atom. The van der Waals surface area contributed by atoms with Crippen molar-refractivity contribution in [2.45, 2.75) is 25.3 Å². The summed E-state index contributed by atoms with van der Waals surface area (Å²) in [5.74, 6) is -0.188. The van der Waals surface area contributed by atoms with Gasteiger partial charge < -0.3 is 10.2 Å². The van der Waals surface area contributed by atoms with Gasteiger partial charge in [-0.05, 0) is 12.8 Å². The highest BCUT2D eigenvalue weighted by atomic mass is 16.6. The quantitative estimate of drug-likeness (QED) is 0.658. The largest absolute Gasteiger partial charge is 0.367 e. The van der Waals surface area contributed by atoms with Crippen molar-refractivity contribution in [2.75, 3.05) is 18.0 Å². The van der Waals surface area contributed by atoms with E-state index in [-0.39, 0.29) is 24.1 Å². The number of amides is 1. The van der Waals surface area contributed by atoms with Crippen LogP contribution in [0, 0.1) is 10.1 Å². The standard InChI is InChI=1S/C17H21N5O3/c1-20-12-15(10-18-20)21-8-4-6-14(11-21)19-17(23)9-13-5-2-3-7-16(13)22(24)25/h2-3,5,7,10,12,14H,4,6,8-9,11H2,1H3,(H,19,23)/t14-/m1/s1. The van der Waals surface area contributed by atoms with E-state index < -0.39 is 4.92 Å². The average Bonchev–Trinajstić information content (AvgIpc) is 3.02. The number of aryl methyl sites for hydroxylation is 1. The number of nitrogens with one attached hydrogen (secondary N) is 1. The Hall–Kier alpha value is -2.90. The Bertz CT molecular complexity index is 773. The van der Waals surface area contributed by atoms with E-state index in [1.165, 1.54) is 6.07 Å². The van der Waals surface area contributed by atoms with Crippen LogP contribution in [-0.2, 0) is 18.3 Å². The summed E-state index contributed by atoms with van der Waals surface area (Å²) in [6, 6.07) is 6.39. The molecule has 0 aliphatic carbocycles. The molecule has 2 aromatic rings. The number of piperidine rings is 1. The lowest BCUT2D eigenvalue weighted by Crippen LogP contribution is -2.48. The van der Waals surface area contributed by atoms with Gasteiger partial charge in [-0.25, -0.2) is 0 Å². The van der Waals surface area contributed by atoms with Crippen LogP contribution in [-0.4, -0.2) is 39.7 Å². The van der Waals surface area contributed by atoms with Crippen LogP contribution in [0.15, 0.2) is 36.7 Å². The second-order valence-corrected chi connectivity index (χ2v) is 6.29. The van der Waals surface area contributed by atoms with E-state index >= 15 is 0 Å². The van der Waals surface area contributed by atoms with Crippen LogP contribution in [0.5, 0.6) is 0 Å². The van der Waals surface area contributed by atoms with Crippen molar-refractivity contribution in [3.05, 3.63) is 52.3 Å². The van der Waals surface area contributed by atoms with Gasteiger partial charge in [0.15, 0.2) is 0 Å². The minimum absolute atomic E-state index is 0.0144. The minimum atomic E-state index is -0.451. The number of anilines is 1. The lowest BCUT2D eigenvalue weighted by Gasteiger charge is -2.33. The summed E-state index contributed by atoms with van der Waals surface area (Å²) in [5, 5.41) is 18.2. The third-order valence-electron chi connectivity index (χ3n) is 4.38. The van der Waals surface area contributed by atoms with Crippen molar-refractivity contribution < 1.29 is 9.72 Å². The number of aromatic nitrogens is 2. The number of nitrogens with zero attached hydrogens (tertiary/aromatic N) is 4. The normalized spacial score (nSPS) is 17.3. The molecule has 3 rings (SSSR count). The number of nitro benzene ring substituents is 1. The van der Waals surface area contributed by atoms with E-state index in [9.17, 15) is 14.9 Å². The van der Waals surface area contributed by atoms with E-state index in [1.54, 1.807) is 22.9 Å². The molecule has 8 nitrogen and oxygen atoms in total. The highest BCUT2D eigenvalue weighted by Crippen LogP contribution is 2.20. The molecule has 0 radical (unpaired) electrons. The van der Waals surface area contributed by atoms with Crippen LogP contribution < -0.4 is 10.2 Å². The van der Waals surface area contributed by atoms with Crippen molar-refractivity contribution in [1.82, 2.24) is 15.1 Å². The zero-order valence-corrected chi connectivity index (χ0v) is 14.1. The molecule has 2 heterocycles. The predicted octanol–water partition coefficient (Wildman–Crippen LogP) is 1.66. The molecule has 1 saturated heterocycles. The molecule has 8 heteroatoms. The smallest absolute Gasteiger partial charge is 0.273 e. The second kappa shape index (κ2) is 7.33. The number of nitro groups is 1. The van der Waals surface area contributed by atoms with Crippen LogP contribution in [0.25, 0.3) is 0 Å². The maximum absolute atomic E-state index is 12.3. The molecule has 1 aliphatic rings. The number of hydrogen-bond acceptors (Lipinski definition) is 5. The summed E-state index contributed by atoms with van der Waals surface area (Å²) in [6.45, 7) is 1.65. The molecule has 1 aromatic heterocycles. The van der Waals surface area contributed by atoms with Crippen LogP contribution in [0.1, 0.15) is 18.4 Å². The molecule has 1 aliphatic heterocycles. The molecule has 0 unspecified atom stereocenters. The Morgan fingerprint density at radius 3 is 2.96 bits per heavy atom. The molecular weight excluding hydrogens is 322 g/mol. The zero-order valence-electron chi connectivity index (χ0n) is 14.1. The van der Waals surface area contributed by atoms with Crippen LogP contribution in [0.4, 0.5) is 11.4 Å². The molecule has 0 bridgehead atoms. The van der Waals surface area contributed by atoms with Gasteiger partial charge in [0.1, 0.15) is 0 Å². The molecular formula is C17H21N5O3. The molecule has 0 saturated carbocycles. The Kier molecular flexibility index (Phi) is 4.97. The maximum atomic E-state index is 12.3. The lowest BCUT2D eigenvalue weighted by molar-refractivity contribution is -0.385. The van der Waals surface area contributed by atoms with Crippen LogP contribution >= 0.6 is 0 Å². The average molecular weight is 343 g/mol. The monoisotopic (exact) mass is 343 g/mol. The van der Waals surface area contributed by atoms with Gasteiger partial charge in [-0.2, -0.15) is 5.10 Å². The van der Waals surface area contributed by atoms with Crippen molar-refractivity contribution in [2.24, 2.45) is 7.05 Å². The molecule has 1 amide bonds. The first-order chi connectivity index (χ1) is 12.0. The number of carbonyl (C=O) groups excluding carboxylic acids is 1. The molecule has 1 N–H and O–H groups in total. The number of carbonyl (C=O) groups is 1. The van der Waals surface area contributed by atoms with Gasteiger partial charge in [0.05, 0.1) is 23.2 Å². The summed E-state index contributed by atoms with van der Waals surface area (Å²) in [4.78, 5) is 25.1. The molecule has 132 valence electrons. The molecule has 1 fully saturated rings. The SMILES string of the molecule is Cn1cc(N2CCC[C@@H](NC(=O)Cc3ccccc3[N+](=O)[O-])C2)cn1.